The number of nitrogens with zero attached hydrogens (tertiary/aromatic N) is 1. The summed E-state index contributed by atoms with van der Waals surface area (Å²) in [6.07, 6.45) is 4.94. The van der Waals surface area contributed by atoms with Gasteiger partial charge in [0.15, 0.2) is 0 Å². The van der Waals surface area contributed by atoms with Crippen LogP contribution in [0.4, 0.5) is 0 Å². The monoisotopic (exact) mass is 164 g/mol. The fourth-order valence-corrected chi connectivity index (χ4v) is 1.26. The highest BCUT2D eigenvalue weighted by Gasteiger charge is 2.02. The molecule has 2 nitrogen and oxygen atoms in total. The summed E-state index contributed by atoms with van der Waals surface area (Å²) in [6, 6.07) is 6.22. The molecule has 0 spiro atoms. The third-order valence-electron chi connectivity index (χ3n) is 1.86. The first-order valence-corrected chi connectivity index (χ1v) is 4.48. The average Bonchev–Trinajstić information content (AvgIpc) is 2.06. The smallest absolute Gasteiger partial charge is 0.0419 e. The van der Waals surface area contributed by atoms with Crippen LogP contribution in [0.5, 0.6) is 0 Å². The molecule has 1 aromatic rings. The van der Waals surface area contributed by atoms with Crippen LogP contribution in [0.1, 0.15) is 25.5 Å². The normalized spacial score (nSPS) is 12.8. The van der Waals surface area contributed by atoms with Crippen LogP contribution in [-0.2, 0) is 6.42 Å². The molecule has 0 bridgehead atoms. The van der Waals surface area contributed by atoms with Gasteiger partial charge in [-0.05, 0) is 18.6 Å². The third-order valence-corrected chi connectivity index (χ3v) is 1.86. The van der Waals surface area contributed by atoms with Crippen molar-refractivity contribution in [1.82, 2.24) is 4.98 Å². The van der Waals surface area contributed by atoms with Gasteiger partial charge in [0.05, 0.1) is 0 Å². The summed E-state index contributed by atoms with van der Waals surface area (Å²) in [7, 11) is 0. The van der Waals surface area contributed by atoms with Crippen molar-refractivity contribution in [2.24, 2.45) is 5.73 Å². The van der Waals surface area contributed by atoms with Crippen LogP contribution >= 0.6 is 0 Å². The van der Waals surface area contributed by atoms with E-state index in [9.17, 15) is 0 Å². The van der Waals surface area contributed by atoms with Crippen LogP contribution in [0.15, 0.2) is 24.4 Å². The zero-order valence-corrected chi connectivity index (χ0v) is 7.53. The molecule has 0 aliphatic heterocycles. The quantitative estimate of drug-likeness (QED) is 0.736. The number of hydrogen-bond donors (Lipinski definition) is 1. The molecule has 0 aromatic carbocycles. The highest BCUT2D eigenvalue weighted by Crippen LogP contribution is 2.01. The van der Waals surface area contributed by atoms with Gasteiger partial charge in [0.25, 0.3) is 0 Å². The van der Waals surface area contributed by atoms with Crippen molar-refractivity contribution in [1.29, 1.82) is 0 Å². The van der Waals surface area contributed by atoms with E-state index < -0.39 is 0 Å². The lowest BCUT2D eigenvalue weighted by Crippen LogP contribution is -2.22. The Labute approximate surface area is 73.8 Å². The van der Waals surface area contributed by atoms with Crippen LogP contribution in [0, 0.1) is 0 Å². The van der Waals surface area contributed by atoms with E-state index in [0.29, 0.717) is 0 Å². The molecular formula is C10H16N2. The van der Waals surface area contributed by atoms with Crippen LogP contribution in [-0.4, -0.2) is 11.0 Å². The van der Waals surface area contributed by atoms with Crippen molar-refractivity contribution < 1.29 is 0 Å². The first-order chi connectivity index (χ1) is 5.83. The van der Waals surface area contributed by atoms with Crippen molar-refractivity contribution in [3.63, 3.8) is 0 Å². The number of rotatable bonds is 4. The van der Waals surface area contributed by atoms with Gasteiger partial charge in [0.1, 0.15) is 0 Å². The van der Waals surface area contributed by atoms with Crippen LogP contribution in [0.3, 0.4) is 0 Å². The molecule has 1 heterocycles. The summed E-state index contributed by atoms with van der Waals surface area (Å²) in [5.41, 5.74) is 6.97. The van der Waals surface area contributed by atoms with Crippen LogP contribution in [0.2, 0.25) is 0 Å². The van der Waals surface area contributed by atoms with Crippen molar-refractivity contribution in [3.05, 3.63) is 30.1 Å². The van der Waals surface area contributed by atoms with Gasteiger partial charge in [-0.15, -0.1) is 0 Å². The van der Waals surface area contributed by atoms with Gasteiger partial charge >= 0.3 is 0 Å². The number of nitrogens with two attached hydrogens (primary N) is 1. The van der Waals surface area contributed by atoms with Crippen LogP contribution < -0.4 is 5.73 Å². The molecule has 2 heteroatoms. The molecule has 1 rings (SSSR count). The van der Waals surface area contributed by atoms with E-state index in [4.69, 9.17) is 5.73 Å². The summed E-state index contributed by atoms with van der Waals surface area (Å²) in [6.45, 7) is 2.15. The Morgan fingerprint density at radius 3 is 2.92 bits per heavy atom. The van der Waals surface area contributed by atoms with E-state index in [0.717, 1.165) is 25.0 Å². The predicted molar refractivity (Wildman–Crippen MR) is 50.8 cm³/mol. The van der Waals surface area contributed by atoms with E-state index in [1.165, 1.54) is 0 Å². The lowest BCUT2D eigenvalue weighted by Gasteiger charge is -2.08. The Bertz CT molecular complexity index is 208. The first kappa shape index (κ1) is 9.20. The van der Waals surface area contributed by atoms with Gasteiger partial charge < -0.3 is 5.73 Å². The molecule has 1 atom stereocenters. The molecule has 0 saturated heterocycles. The molecule has 0 aliphatic rings. The van der Waals surface area contributed by atoms with Gasteiger partial charge in [-0.25, -0.2) is 0 Å². The Hall–Kier alpha value is -0.890. The van der Waals surface area contributed by atoms with E-state index in [2.05, 4.69) is 11.9 Å². The molecule has 0 unspecified atom stereocenters. The van der Waals surface area contributed by atoms with Crippen LogP contribution in [0.25, 0.3) is 0 Å². The molecule has 1 aromatic heterocycles. The van der Waals surface area contributed by atoms with Crippen molar-refractivity contribution in [2.45, 2.75) is 32.2 Å². The fraction of sp³-hybridized carbons (Fsp3) is 0.500. The number of aromatic nitrogens is 1. The lowest BCUT2D eigenvalue weighted by molar-refractivity contribution is 0.593. The molecule has 0 saturated carbocycles. The molecule has 0 amide bonds. The maximum atomic E-state index is 5.88. The molecule has 66 valence electrons. The number of pyridine rings is 1. The summed E-state index contributed by atoms with van der Waals surface area (Å²) >= 11 is 0. The number of hydrogen-bond acceptors (Lipinski definition) is 2. The van der Waals surface area contributed by atoms with Gasteiger partial charge in [-0.2, -0.15) is 0 Å². The summed E-state index contributed by atoms with van der Waals surface area (Å²) in [5, 5.41) is 0. The molecular weight excluding hydrogens is 148 g/mol. The van der Waals surface area contributed by atoms with Gasteiger partial charge in [0.2, 0.25) is 0 Å². The third kappa shape index (κ3) is 3.01. The van der Waals surface area contributed by atoms with E-state index in [1.54, 1.807) is 0 Å². The van der Waals surface area contributed by atoms with Crippen molar-refractivity contribution >= 4 is 0 Å². The van der Waals surface area contributed by atoms with E-state index in [1.807, 2.05) is 24.4 Å². The SMILES string of the molecule is CCC[C@H](N)Cc1ccccn1. The van der Waals surface area contributed by atoms with Crippen molar-refractivity contribution in [3.8, 4) is 0 Å². The fourth-order valence-electron chi connectivity index (χ4n) is 1.26. The highest BCUT2D eigenvalue weighted by atomic mass is 14.7. The molecule has 0 radical (unpaired) electrons. The van der Waals surface area contributed by atoms with Gasteiger partial charge in [0, 0.05) is 24.4 Å². The second-order valence-electron chi connectivity index (χ2n) is 3.07. The summed E-state index contributed by atoms with van der Waals surface area (Å²) < 4.78 is 0. The minimum atomic E-state index is 0.268. The Kier molecular flexibility index (Phi) is 3.74. The van der Waals surface area contributed by atoms with Crippen molar-refractivity contribution in [2.75, 3.05) is 0 Å². The Morgan fingerprint density at radius 2 is 2.33 bits per heavy atom. The molecule has 12 heavy (non-hydrogen) atoms. The lowest BCUT2D eigenvalue weighted by atomic mass is 10.1. The predicted octanol–water partition coefficient (Wildman–Crippen LogP) is 1.75. The molecule has 2 N–H and O–H groups in total. The zero-order valence-electron chi connectivity index (χ0n) is 7.53. The topological polar surface area (TPSA) is 38.9 Å². The Balaban J connectivity index is 2.41. The molecule has 0 aliphatic carbocycles. The second kappa shape index (κ2) is 4.88. The Morgan fingerprint density at radius 1 is 1.50 bits per heavy atom. The largest absolute Gasteiger partial charge is 0.327 e. The highest BCUT2D eigenvalue weighted by molar-refractivity contribution is 5.04. The van der Waals surface area contributed by atoms with E-state index in [-0.39, 0.29) is 6.04 Å². The maximum absolute atomic E-state index is 5.88. The standard InChI is InChI=1S/C10H16N2/c1-2-5-9(11)8-10-6-3-4-7-12-10/h3-4,6-7,9H,2,5,8,11H2,1H3/t9-/m0/s1. The summed E-state index contributed by atoms with van der Waals surface area (Å²) in [5.74, 6) is 0. The average molecular weight is 164 g/mol. The van der Waals surface area contributed by atoms with Gasteiger partial charge in [-0.1, -0.05) is 19.4 Å². The second-order valence-corrected chi connectivity index (χ2v) is 3.07. The molecule has 0 fully saturated rings. The summed E-state index contributed by atoms with van der Waals surface area (Å²) in [4.78, 5) is 4.22. The minimum absolute atomic E-state index is 0.268. The van der Waals surface area contributed by atoms with Gasteiger partial charge in [-0.3, -0.25) is 4.98 Å². The zero-order chi connectivity index (χ0) is 8.81. The maximum Gasteiger partial charge on any atom is 0.0419 e. The van der Waals surface area contributed by atoms with E-state index >= 15 is 0 Å². The first-order valence-electron chi connectivity index (χ1n) is 4.48. The minimum Gasteiger partial charge on any atom is -0.327 e.